The van der Waals surface area contributed by atoms with Crippen molar-refractivity contribution in [1.29, 1.82) is 0 Å². The largest absolute Gasteiger partial charge is 0.508 e. The summed E-state index contributed by atoms with van der Waals surface area (Å²) in [5.74, 6) is 0.417. The summed E-state index contributed by atoms with van der Waals surface area (Å²) in [6.45, 7) is 5.34. The van der Waals surface area contributed by atoms with Gasteiger partial charge in [0.2, 0.25) is 0 Å². The maximum Gasteiger partial charge on any atom is 0.308 e. The predicted molar refractivity (Wildman–Crippen MR) is 96.3 cm³/mol. The highest BCUT2D eigenvalue weighted by molar-refractivity contribution is 5.69. The Morgan fingerprint density at radius 3 is 1.79 bits per heavy atom. The molecule has 124 valence electrons. The highest BCUT2D eigenvalue weighted by Gasteiger charge is 2.28. The molecule has 0 amide bonds. The molecule has 1 N–H and O–H groups in total. The minimum Gasteiger partial charge on any atom is -0.508 e. The van der Waals surface area contributed by atoms with Gasteiger partial charge in [-0.05, 0) is 49.2 Å². The van der Waals surface area contributed by atoms with Crippen LogP contribution in [0.2, 0.25) is 0 Å². The monoisotopic (exact) mass is 322 g/mol. The van der Waals surface area contributed by atoms with E-state index in [1.54, 1.807) is 24.3 Å². The van der Waals surface area contributed by atoms with Crippen molar-refractivity contribution in [2.45, 2.75) is 26.2 Å². The predicted octanol–water partition coefficient (Wildman–Crippen LogP) is 4.76. The first-order valence-corrected chi connectivity index (χ1v) is 7.88. The van der Waals surface area contributed by atoms with Gasteiger partial charge in [0.25, 0.3) is 0 Å². The molecule has 0 atom stereocenters. The third-order valence-electron chi connectivity index (χ3n) is 3.80. The molecule has 24 heavy (non-hydrogen) atoms. The molecule has 0 aliphatic heterocycles. The van der Waals surface area contributed by atoms with Crippen molar-refractivity contribution in [3.63, 3.8) is 0 Å². The number of phenolic OH excluding ortho intramolecular Hbond substituents is 1. The van der Waals surface area contributed by atoms with E-state index < -0.39 is 5.41 Å². The number of carbonyl (C=O) groups is 1. The number of esters is 1. The minimum absolute atomic E-state index is 0.235. The van der Waals surface area contributed by atoms with Crippen LogP contribution in [0.25, 0.3) is 0 Å². The van der Waals surface area contributed by atoms with Gasteiger partial charge in [-0.1, -0.05) is 48.6 Å². The van der Waals surface area contributed by atoms with Crippen LogP contribution < -0.4 is 4.74 Å². The van der Waals surface area contributed by atoms with Crippen LogP contribution in [0.5, 0.6) is 11.5 Å². The quantitative estimate of drug-likeness (QED) is 0.490. The summed E-state index contributed by atoms with van der Waals surface area (Å²) in [7, 11) is 0. The molecule has 0 saturated heterocycles. The number of hydrogen-bond donors (Lipinski definition) is 1. The van der Waals surface area contributed by atoms with Crippen LogP contribution in [0, 0.1) is 0 Å². The second-order valence-corrected chi connectivity index (χ2v) is 5.53. The van der Waals surface area contributed by atoms with Gasteiger partial charge in [-0.25, -0.2) is 0 Å². The zero-order valence-electron chi connectivity index (χ0n) is 14.2. The molecule has 2 rings (SSSR count). The Labute approximate surface area is 142 Å². The van der Waals surface area contributed by atoms with Gasteiger partial charge < -0.3 is 9.84 Å². The number of rotatable bonds is 5. The Morgan fingerprint density at radius 1 is 0.917 bits per heavy atom. The highest BCUT2D eigenvalue weighted by atomic mass is 16.5. The minimum atomic E-state index is -0.452. The number of allylic oxidation sites excluding steroid dienone is 4. The topological polar surface area (TPSA) is 46.5 Å². The average Bonchev–Trinajstić information content (AvgIpc) is 2.55. The Kier molecular flexibility index (Phi) is 5.59. The summed E-state index contributed by atoms with van der Waals surface area (Å²) < 4.78 is 5.12. The molecule has 0 radical (unpaired) electrons. The van der Waals surface area contributed by atoms with Crippen LogP contribution in [-0.4, -0.2) is 11.1 Å². The lowest BCUT2D eigenvalue weighted by Crippen LogP contribution is -2.22. The smallest absolute Gasteiger partial charge is 0.308 e. The van der Waals surface area contributed by atoms with E-state index in [1.807, 2.05) is 50.3 Å². The van der Waals surface area contributed by atoms with Gasteiger partial charge in [0, 0.05) is 6.92 Å². The Bertz CT molecular complexity index is 726. The summed E-state index contributed by atoms with van der Waals surface area (Å²) in [5.41, 5.74) is 1.63. The summed E-state index contributed by atoms with van der Waals surface area (Å²) >= 11 is 0. The van der Waals surface area contributed by atoms with Crippen molar-refractivity contribution in [3.8, 4) is 11.5 Å². The van der Waals surface area contributed by atoms with Crippen LogP contribution >= 0.6 is 0 Å². The molecule has 2 aromatic rings. The summed E-state index contributed by atoms with van der Waals surface area (Å²) in [6, 6.07) is 14.7. The molecule has 0 aromatic heterocycles. The third-order valence-corrected chi connectivity index (χ3v) is 3.80. The first kappa shape index (κ1) is 17.5. The van der Waals surface area contributed by atoms with Crippen molar-refractivity contribution in [2.75, 3.05) is 0 Å². The molecular formula is C21H22O3. The van der Waals surface area contributed by atoms with Crippen molar-refractivity contribution in [1.82, 2.24) is 0 Å². The molecule has 3 nitrogen and oxygen atoms in total. The van der Waals surface area contributed by atoms with E-state index in [-0.39, 0.29) is 11.7 Å². The van der Waals surface area contributed by atoms with Crippen molar-refractivity contribution >= 4 is 5.97 Å². The fraction of sp³-hybridized carbons (Fsp3) is 0.190. The maximum absolute atomic E-state index is 11.1. The molecule has 0 aliphatic rings. The lowest BCUT2D eigenvalue weighted by atomic mass is 9.74. The van der Waals surface area contributed by atoms with E-state index in [1.165, 1.54) is 6.92 Å². The van der Waals surface area contributed by atoms with Gasteiger partial charge in [0.1, 0.15) is 11.5 Å². The number of carbonyl (C=O) groups excluding carboxylic acids is 1. The van der Waals surface area contributed by atoms with Crippen molar-refractivity contribution in [3.05, 3.63) is 84.0 Å². The molecule has 0 saturated carbocycles. The Balaban J connectivity index is 2.57. The van der Waals surface area contributed by atoms with E-state index >= 15 is 0 Å². The van der Waals surface area contributed by atoms with Gasteiger partial charge in [-0.3, -0.25) is 4.79 Å². The summed E-state index contributed by atoms with van der Waals surface area (Å²) in [4.78, 5) is 11.1. The van der Waals surface area contributed by atoms with Crippen LogP contribution in [0.15, 0.2) is 72.8 Å². The van der Waals surface area contributed by atoms with Crippen LogP contribution in [0.3, 0.4) is 0 Å². The van der Waals surface area contributed by atoms with Crippen LogP contribution in [0.1, 0.15) is 31.9 Å². The van der Waals surface area contributed by atoms with Gasteiger partial charge in [-0.2, -0.15) is 0 Å². The number of aromatic hydroxyl groups is 1. The number of phenols is 1. The number of ether oxygens (including phenoxy) is 1. The number of benzene rings is 2. The van der Waals surface area contributed by atoms with Gasteiger partial charge in [0.15, 0.2) is 0 Å². The first-order chi connectivity index (χ1) is 11.5. The Morgan fingerprint density at radius 2 is 1.38 bits per heavy atom. The van der Waals surface area contributed by atoms with Gasteiger partial charge in [0.05, 0.1) is 5.41 Å². The first-order valence-electron chi connectivity index (χ1n) is 7.88. The van der Waals surface area contributed by atoms with E-state index in [2.05, 4.69) is 12.2 Å². The molecule has 2 aromatic carbocycles. The highest BCUT2D eigenvalue weighted by Crippen LogP contribution is 2.37. The maximum atomic E-state index is 11.1. The standard InChI is InChI=1S/C21H22O3/c1-4-14-21(15-5-2,17-6-10-19(23)11-7-17)18-8-12-20(13-9-18)24-16(3)22/h4-15,23H,1-3H3/b14-4-,15-5-. The molecule has 0 unspecified atom stereocenters. The molecule has 0 spiro atoms. The zero-order valence-corrected chi connectivity index (χ0v) is 14.2. The van der Waals surface area contributed by atoms with E-state index in [0.29, 0.717) is 5.75 Å². The molecule has 0 aliphatic carbocycles. The second kappa shape index (κ2) is 7.64. The lowest BCUT2D eigenvalue weighted by molar-refractivity contribution is -0.131. The lowest BCUT2D eigenvalue weighted by Gasteiger charge is -2.29. The molecular weight excluding hydrogens is 300 g/mol. The number of hydrogen-bond acceptors (Lipinski definition) is 3. The molecule has 0 bridgehead atoms. The second-order valence-electron chi connectivity index (χ2n) is 5.53. The van der Waals surface area contributed by atoms with Crippen LogP contribution in [0.4, 0.5) is 0 Å². The van der Waals surface area contributed by atoms with E-state index in [9.17, 15) is 9.90 Å². The summed E-state index contributed by atoms with van der Waals surface area (Å²) in [5, 5.41) is 9.59. The van der Waals surface area contributed by atoms with E-state index in [0.717, 1.165) is 11.1 Å². The zero-order chi connectivity index (χ0) is 17.6. The Hall–Kier alpha value is -2.81. The van der Waals surface area contributed by atoms with Crippen molar-refractivity contribution < 1.29 is 14.6 Å². The van der Waals surface area contributed by atoms with Gasteiger partial charge >= 0.3 is 5.97 Å². The van der Waals surface area contributed by atoms with Gasteiger partial charge in [-0.15, -0.1) is 0 Å². The third kappa shape index (κ3) is 3.74. The fourth-order valence-corrected chi connectivity index (χ4v) is 2.83. The summed E-state index contributed by atoms with van der Waals surface area (Å²) in [6.07, 6.45) is 8.24. The molecule has 0 fully saturated rings. The molecule has 3 heteroatoms. The van der Waals surface area contributed by atoms with Crippen molar-refractivity contribution in [2.24, 2.45) is 0 Å². The normalized spacial score (nSPS) is 12.0. The average molecular weight is 322 g/mol. The SMILES string of the molecule is C/C=C\C(/C=C\C)(c1ccc(O)cc1)c1ccc(OC(C)=O)cc1. The molecule has 0 heterocycles. The van der Waals surface area contributed by atoms with E-state index in [4.69, 9.17) is 4.74 Å². The van der Waals surface area contributed by atoms with Crippen LogP contribution in [-0.2, 0) is 10.2 Å². The fourth-order valence-electron chi connectivity index (χ4n) is 2.83.